The molecule has 1 saturated carbocycles. The second-order valence-corrected chi connectivity index (χ2v) is 13.1. The predicted molar refractivity (Wildman–Crippen MR) is 82.3 cm³/mol. The van der Waals surface area contributed by atoms with E-state index in [-0.39, 0.29) is 11.9 Å². The Kier molecular flexibility index (Phi) is 4.82. The lowest BCUT2D eigenvalue weighted by Crippen LogP contribution is -2.40. The van der Waals surface area contributed by atoms with Gasteiger partial charge < -0.3 is 9.47 Å². The van der Waals surface area contributed by atoms with Crippen LogP contribution in [0, 0.1) is 0 Å². The van der Waals surface area contributed by atoms with Gasteiger partial charge in [-0.05, 0) is 32.2 Å². The molecule has 0 aliphatic heterocycles. The van der Waals surface area contributed by atoms with Crippen LogP contribution in [0.1, 0.15) is 31.2 Å². The lowest BCUT2D eigenvalue weighted by atomic mass is 9.80. The Labute approximate surface area is 121 Å². The van der Waals surface area contributed by atoms with Crippen LogP contribution in [0.25, 0.3) is 0 Å². The van der Waals surface area contributed by atoms with E-state index in [0.29, 0.717) is 0 Å². The largest absolute Gasteiger partial charge is 0.353 e. The fourth-order valence-electron chi connectivity index (χ4n) is 2.21. The monoisotopic (exact) mass is 299 g/mol. The summed E-state index contributed by atoms with van der Waals surface area (Å²) < 4.78 is 12.0. The van der Waals surface area contributed by atoms with Crippen molar-refractivity contribution in [2.24, 2.45) is 0 Å². The summed E-state index contributed by atoms with van der Waals surface area (Å²) in [7, 11) is -1.02. The molecule has 1 aliphatic carbocycles. The molecule has 1 aromatic rings. The first-order chi connectivity index (χ1) is 8.91. The molecule has 1 unspecified atom stereocenters. The van der Waals surface area contributed by atoms with Gasteiger partial charge in [-0.1, -0.05) is 19.6 Å². The average molecular weight is 300 g/mol. The van der Waals surface area contributed by atoms with E-state index < -0.39 is 8.07 Å². The molecule has 108 valence electrons. The molecule has 0 saturated heterocycles. The molecule has 1 fully saturated rings. The van der Waals surface area contributed by atoms with Crippen molar-refractivity contribution in [3.8, 4) is 0 Å². The van der Waals surface area contributed by atoms with Crippen LogP contribution in [0.3, 0.4) is 0 Å². The molecule has 0 radical (unpaired) electrons. The van der Waals surface area contributed by atoms with Gasteiger partial charge in [-0.25, -0.2) is 4.98 Å². The van der Waals surface area contributed by atoms with Crippen LogP contribution in [0.5, 0.6) is 0 Å². The summed E-state index contributed by atoms with van der Waals surface area (Å²) in [5.41, 5.74) is -0.160. The van der Waals surface area contributed by atoms with Crippen LogP contribution in [0.2, 0.25) is 25.7 Å². The predicted octanol–water partition coefficient (Wildman–Crippen LogP) is 4.24. The molecule has 0 amide bonds. The van der Waals surface area contributed by atoms with E-state index in [4.69, 9.17) is 9.47 Å². The van der Waals surface area contributed by atoms with Gasteiger partial charge in [0.15, 0.2) is 6.29 Å². The minimum absolute atomic E-state index is 0.138. The van der Waals surface area contributed by atoms with Gasteiger partial charge in [-0.3, -0.25) is 0 Å². The van der Waals surface area contributed by atoms with Crippen molar-refractivity contribution in [3.05, 3.63) is 16.6 Å². The van der Waals surface area contributed by atoms with Gasteiger partial charge >= 0.3 is 0 Å². The Morgan fingerprint density at radius 2 is 2.16 bits per heavy atom. The number of aromatic nitrogens is 1. The van der Waals surface area contributed by atoms with Crippen LogP contribution in [0.4, 0.5) is 0 Å². The minimum atomic E-state index is -1.02. The Bertz CT molecular complexity index is 385. The van der Waals surface area contributed by atoms with E-state index >= 15 is 0 Å². The lowest BCUT2D eigenvalue weighted by molar-refractivity contribution is -0.230. The summed E-state index contributed by atoms with van der Waals surface area (Å²) in [5.74, 6) is 0. The Morgan fingerprint density at radius 1 is 1.42 bits per heavy atom. The number of thiazole rings is 1. The number of nitrogens with zero attached hydrogens (tertiary/aromatic N) is 1. The van der Waals surface area contributed by atoms with Crippen molar-refractivity contribution in [2.45, 2.75) is 63.8 Å². The molecule has 1 aliphatic rings. The average Bonchev–Trinajstić information content (AvgIpc) is 2.75. The van der Waals surface area contributed by atoms with Crippen LogP contribution in [-0.4, -0.2) is 26.0 Å². The van der Waals surface area contributed by atoms with Crippen molar-refractivity contribution in [1.29, 1.82) is 0 Å². The number of hydrogen-bond acceptors (Lipinski definition) is 4. The second kappa shape index (κ2) is 6.04. The summed E-state index contributed by atoms with van der Waals surface area (Å²) in [6.45, 7) is 9.92. The normalized spacial score (nSPS) is 20.0. The maximum Gasteiger partial charge on any atom is 0.156 e. The van der Waals surface area contributed by atoms with Gasteiger partial charge in [0.2, 0.25) is 0 Å². The van der Waals surface area contributed by atoms with Crippen LogP contribution in [-0.2, 0) is 15.1 Å². The van der Waals surface area contributed by atoms with Crippen molar-refractivity contribution in [2.75, 3.05) is 6.61 Å². The van der Waals surface area contributed by atoms with Gasteiger partial charge in [0.1, 0.15) is 10.6 Å². The Balaban J connectivity index is 1.82. The molecule has 19 heavy (non-hydrogen) atoms. The van der Waals surface area contributed by atoms with Gasteiger partial charge in [-0.15, -0.1) is 11.3 Å². The van der Waals surface area contributed by atoms with Crippen molar-refractivity contribution < 1.29 is 9.47 Å². The molecule has 1 heterocycles. The Hall–Kier alpha value is -0.233. The van der Waals surface area contributed by atoms with Gasteiger partial charge in [-0.2, -0.15) is 0 Å². The van der Waals surface area contributed by atoms with Crippen LogP contribution < -0.4 is 0 Å². The van der Waals surface area contributed by atoms with E-state index in [0.717, 1.165) is 24.5 Å². The highest BCUT2D eigenvalue weighted by Crippen LogP contribution is 2.46. The van der Waals surface area contributed by atoms with E-state index in [2.05, 4.69) is 24.6 Å². The quantitative estimate of drug-likeness (QED) is 0.557. The fraction of sp³-hybridized carbons (Fsp3) is 0.786. The van der Waals surface area contributed by atoms with Crippen molar-refractivity contribution in [1.82, 2.24) is 4.98 Å². The molecule has 0 N–H and O–H groups in total. The minimum Gasteiger partial charge on any atom is -0.353 e. The fourth-order valence-corrected chi connectivity index (χ4v) is 3.78. The molecule has 3 nitrogen and oxygen atoms in total. The molecule has 0 bridgehead atoms. The molecule has 1 atom stereocenters. The Morgan fingerprint density at radius 3 is 2.63 bits per heavy atom. The third kappa shape index (κ3) is 4.11. The van der Waals surface area contributed by atoms with Crippen molar-refractivity contribution >= 4 is 19.4 Å². The first-order valence-corrected chi connectivity index (χ1v) is 11.7. The number of rotatable bonds is 7. The zero-order valence-electron chi connectivity index (χ0n) is 12.4. The molecule has 2 rings (SSSR count). The van der Waals surface area contributed by atoms with E-state index in [1.54, 1.807) is 11.3 Å². The van der Waals surface area contributed by atoms with Crippen LogP contribution >= 0.6 is 11.3 Å². The van der Waals surface area contributed by atoms with Gasteiger partial charge in [0.25, 0.3) is 0 Å². The van der Waals surface area contributed by atoms with Crippen LogP contribution in [0.15, 0.2) is 11.6 Å². The number of hydrogen-bond donors (Lipinski definition) is 0. The lowest BCUT2D eigenvalue weighted by Gasteiger charge is -2.41. The summed E-state index contributed by atoms with van der Waals surface area (Å²) in [6, 6.07) is 1.19. The summed E-state index contributed by atoms with van der Waals surface area (Å²) in [6.07, 6.45) is 5.09. The molecule has 5 heteroatoms. The van der Waals surface area contributed by atoms with E-state index in [1.165, 1.54) is 12.5 Å². The summed E-state index contributed by atoms with van der Waals surface area (Å²) in [5, 5.41) is 3.13. The van der Waals surface area contributed by atoms with Crippen molar-refractivity contribution in [3.63, 3.8) is 0 Å². The molecular weight excluding hydrogens is 274 g/mol. The zero-order chi connectivity index (χ0) is 13.9. The van der Waals surface area contributed by atoms with E-state index in [9.17, 15) is 0 Å². The van der Waals surface area contributed by atoms with Gasteiger partial charge in [0.05, 0.1) is 0 Å². The smallest absolute Gasteiger partial charge is 0.156 e. The summed E-state index contributed by atoms with van der Waals surface area (Å²) in [4.78, 5) is 4.43. The topological polar surface area (TPSA) is 31.4 Å². The molecular formula is C14H25NO2SSi. The standard InChI is InChI=1S/C14H25NO2SSi/c1-12(16-9-11-19(2,3)4)17-14(6-5-7-14)13-15-8-10-18-13/h8,10,12H,5-7,9,11H2,1-4H3. The van der Waals surface area contributed by atoms with Gasteiger partial charge in [0, 0.05) is 26.3 Å². The SMILES string of the molecule is CC(OCC[Si](C)(C)C)OC1(c2nccs2)CCC1. The molecule has 0 spiro atoms. The maximum atomic E-state index is 6.17. The first-order valence-electron chi connectivity index (χ1n) is 7.11. The highest BCUT2D eigenvalue weighted by atomic mass is 32.1. The third-order valence-electron chi connectivity index (χ3n) is 3.58. The maximum absolute atomic E-state index is 6.17. The zero-order valence-corrected chi connectivity index (χ0v) is 14.3. The van der Waals surface area contributed by atoms with E-state index in [1.807, 2.05) is 18.5 Å². The highest BCUT2D eigenvalue weighted by Gasteiger charge is 2.43. The molecule has 0 aromatic carbocycles. The third-order valence-corrected chi connectivity index (χ3v) is 6.24. The molecule has 1 aromatic heterocycles. The highest BCUT2D eigenvalue weighted by molar-refractivity contribution is 7.09. The summed E-state index contributed by atoms with van der Waals surface area (Å²) >= 11 is 1.69. The second-order valence-electron chi connectivity index (χ2n) is 6.55. The first kappa shape index (κ1) is 15.2. The number of ether oxygens (including phenoxy) is 2.